The molecule has 2 atom stereocenters. The molecule has 2 N–H and O–H groups in total. The minimum atomic E-state index is -4.54. The molecule has 1 aliphatic rings. The highest BCUT2D eigenvalue weighted by atomic mass is 19.4. The van der Waals surface area contributed by atoms with Gasteiger partial charge in [0.05, 0.1) is 22.5 Å². The fourth-order valence-corrected chi connectivity index (χ4v) is 3.74. The number of aromatic nitrogens is 2. The van der Waals surface area contributed by atoms with Crippen molar-refractivity contribution in [2.75, 3.05) is 20.1 Å². The van der Waals surface area contributed by atoms with Crippen molar-refractivity contribution in [3.05, 3.63) is 41.1 Å². The van der Waals surface area contributed by atoms with E-state index in [0.29, 0.717) is 17.3 Å². The summed E-state index contributed by atoms with van der Waals surface area (Å²) in [5.74, 6) is -0.508. The number of benzene rings is 1. The van der Waals surface area contributed by atoms with E-state index in [-0.39, 0.29) is 17.2 Å². The molecule has 0 radical (unpaired) electrons. The average molecular weight is 393 g/mol. The summed E-state index contributed by atoms with van der Waals surface area (Å²) in [5, 5.41) is 29.4. The van der Waals surface area contributed by atoms with E-state index in [4.69, 9.17) is 0 Å². The fraction of sp³-hybridized carbons (Fsp3) is 0.474. The smallest absolute Gasteiger partial charge is 0.416 e. The van der Waals surface area contributed by atoms with E-state index in [1.807, 2.05) is 7.05 Å². The highest BCUT2D eigenvalue weighted by molar-refractivity contribution is 6.14. The van der Waals surface area contributed by atoms with Crippen molar-refractivity contribution >= 4 is 7.85 Å². The summed E-state index contributed by atoms with van der Waals surface area (Å²) < 4.78 is 38.4. The summed E-state index contributed by atoms with van der Waals surface area (Å²) in [5.41, 5.74) is -0.619. The highest BCUT2D eigenvalue weighted by Gasteiger charge is 2.37. The Morgan fingerprint density at radius 2 is 1.93 bits per heavy atom. The summed E-state index contributed by atoms with van der Waals surface area (Å²) in [4.78, 5) is 2.16. The van der Waals surface area contributed by atoms with Gasteiger partial charge in [-0.1, -0.05) is 0 Å². The molecule has 1 aromatic carbocycles. The maximum Gasteiger partial charge on any atom is 0.416 e. The third-order valence-electron chi connectivity index (χ3n) is 5.50. The average Bonchev–Trinajstić information content (AvgIpc) is 2.61. The first kappa shape index (κ1) is 20.6. The minimum Gasteiger partial charge on any atom is -0.507 e. The molecule has 0 aliphatic carbocycles. The second kappa shape index (κ2) is 7.37. The van der Waals surface area contributed by atoms with Gasteiger partial charge in [-0.2, -0.15) is 18.3 Å². The predicted molar refractivity (Wildman–Crippen MR) is 102 cm³/mol. The Hall–Kier alpha value is -2.13. The zero-order chi connectivity index (χ0) is 20.7. The van der Waals surface area contributed by atoms with Crippen LogP contribution in [0.5, 0.6) is 5.75 Å². The van der Waals surface area contributed by atoms with Crippen molar-refractivity contribution in [1.29, 1.82) is 0 Å². The standard InChI is InChI=1S/C19H23BF3N3O2/c1-11-8-16(18(20,28)13-4-3-7-26(2)10-13)24-25-17(11)14-6-5-12(9-15(14)27)19(21,22)23/h5-6,8-9,13,27-28H,3-4,7,10,20H2,1-2H3/t13-,18?/m1/s1. The minimum absolute atomic E-state index is 0.00488. The summed E-state index contributed by atoms with van der Waals surface area (Å²) in [6, 6.07) is 4.45. The van der Waals surface area contributed by atoms with Crippen LogP contribution in [-0.4, -0.2) is 53.3 Å². The van der Waals surface area contributed by atoms with Crippen LogP contribution in [0.2, 0.25) is 0 Å². The normalized spacial score (nSPS) is 20.7. The predicted octanol–water partition coefficient (Wildman–Crippen LogP) is 2.30. The van der Waals surface area contributed by atoms with E-state index < -0.39 is 23.0 Å². The van der Waals surface area contributed by atoms with E-state index in [1.54, 1.807) is 20.8 Å². The fourth-order valence-electron chi connectivity index (χ4n) is 3.74. The van der Waals surface area contributed by atoms with Crippen LogP contribution in [0.3, 0.4) is 0 Å². The molecular formula is C19H23BF3N3O2. The van der Waals surface area contributed by atoms with Gasteiger partial charge in [-0.05, 0) is 69.1 Å². The van der Waals surface area contributed by atoms with E-state index in [0.717, 1.165) is 32.0 Å². The zero-order valence-electron chi connectivity index (χ0n) is 16.1. The zero-order valence-corrected chi connectivity index (χ0v) is 16.1. The van der Waals surface area contributed by atoms with Gasteiger partial charge in [0.2, 0.25) is 0 Å². The molecule has 3 rings (SSSR count). The Labute approximate surface area is 162 Å². The molecule has 1 unspecified atom stereocenters. The molecule has 0 amide bonds. The monoisotopic (exact) mass is 393 g/mol. The van der Waals surface area contributed by atoms with E-state index >= 15 is 0 Å². The lowest BCUT2D eigenvalue weighted by Crippen LogP contribution is -2.45. The molecular weight excluding hydrogens is 370 g/mol. The van der Waals surface area contributed by atoms with E-state index in [9.17, 15) is 23.4 Å². The first-order valence-corrected chi connectivity index (χ1v) is 9.16. The lowest BCUT2D eigenvalue weighted by molar-refractivity contribution is -0.137. The van der Waals surface area contributed by atoms with Crippen molar-refractivity contribution in [2.45, 2.75) is 31.4 Å². The maximum atomic E-state index is 12.8. The number of aliphatic hydroxyl groups is 1. The Morgan fingerprint density at radius 1 is 1.21 bits per heavy atom. The van der Waals surface area contributed by atoms with Crippen molar-refractivity contribution in [1.82, 2.24) is 15.1 Å². The van der Waals surface area contributed by atoms with E-state index in [2.05, 4.69) is 15.1 Å². The molecule has 0 spiro atoms. The summed E-state index contributed by atoms with van der Waals surface area (Å²) >= 11 is 0. The third-order valence-corrected chi connectivity index (χ3v) is 5.50. The molecule has 150 valence electrons. The number of aryl methyl sites for hydroxylation is 1. The molecule has 0 saturated carbocycles. The van der Waals surface area contributed by atoms with Crippen molar-refractivity contribution in [2.24, 2.45) is 5.92 Å². The second-order valence-corrected chi connectivity index (χ2v) is 7.74. The molecule has 1 aromatic heterocycles. The number of hydrogen-bond donors (Lipinski definition) is 2. The number of alkyl halides is 3. The van der Waals surface area contributed by atoms with Crippen molar-refractivity contribution in [3.63, 3.8) is 0 Å². The molecule has 1 aliphatic heterocycles. The summed E-state index contributed by atoms with van der Waals surface area (Å²) in [6.45, 7) is 3.46. The quantitative estimate of drug-likeness (QED) is 0.784. The van der Waals surface area contributed by atoms with Gasteiger partial charge in [0, 0.05) is 12.1 Å². The van der Waals surface area contributed by atoms with Gasteiger partial charge in [-0.25, -0.2) is 0 Å². The lowest BCUT2D eigenvalue weighted by atomic mass is 9.66. The molecule has 9 heteroatoms. The van der Waals surface area contributed by atoms with Gasteiger partial charge in [-0.15, -0.1) is 5.10 Å². The van der Waals surface area contributed by atoms with Crippen LogP contribution in [0.15, 0.2) is 24.3 Å². The Kier molecular flexibility index (Phi) is 5.42. The van der Waals surface area contributed by atoms with Crippen LogP contribution < -0.4 is 0 Å². The number of phenols is 1. The number of aromatic hydroxyl groups is 1. The van der Waals surface area contributed by atoms with Crippen LogP contribution in [0, 0.1) is 12.8 Å². The van der Waals surface area contributed by atoms with Crippen molar-refractivity contribution < 1.29 is 23.4 Å². The van der Waals surface area contributed by atoms with Crippen LogP contribution in [-0.2, 0) is 11.7 Å². The van der Waals surface area contributed by atoms with Crippen molar-refractivity contribution in [3.8, 4) is 17.0 Å². The molecule has 1 saturated heterocycles. The van der Waals surface area contributed by atoms with E-state index in [1.165, 1.54) is 6.07 Å². The van der Waals surface area contributed by atoms with Gasteiger partial charge in [0.15, 0.2) is 7.85 Å². The molecule has 1 fully saturated rings. The molecule has 2 heterocycles. The van der Waals surface area contributed by atoms with Gasteiger partial charge in [0.25, 0.3) is 0 Å². The number of halogens is 3. The number of piperidine rings is 1. The number of rotatable bonds is 3. The largest absolute Gasteiger partial charge is 0.507 e. The maximum absolute atomic E-state index is 12.8. The lowest BCUT2D eigenvalue weighted by Gasteiger charge is -2.39. The number of nitrogens with zero attached hydrogens (tertiary/aromatic N) is 3. The molecule has 0 bridgehead atoms. The topological polar surface area (TPSA) is 69.5 Å². The second-order valence-electron chi connectivity index (χ2n) is 7.74. The molecule has 28 heavy (non-hydrogen) atoms. The first-order chi connectivity index (χ1) is 13.0. The summed E-state index contributed by atoms with van der Waals surface area (Å²) in [7, 11) is 3.73. The molecule has 2 aromatic rings. The Bertz CT molecular complexity index is 874. The van der Waals surface area contributed by atoms with Crippen LogP contribution in [0.1, 0.15) is 29.7 Å². The SMILES string of the molecule is BC(O)(c1cc(C)c(-c2ccc(C(F)(F)F)cc2O)nn1)[C@@H]1CCCN(C)C1. The number of hydrogen-bond acceptors (Lipinski definition) is 5. The first-order valence-electron chi connectivity index (χ1n) is 9.16. The molecule has 5 nitrogen and oxygen atoms in total. The Morgan fingerprint density at radius 3 is 2.50 bits per heavy atom. The van der Waals surface area contributed by atoms with Gasteiger partial charge >= 0.3 is 6.18 Å². The Balaban J connectivity index is 1.93. The number of phenolic OH excluding ortho intramolecular Hbond substituents is 1. The van der Waals surface area contributed by atoms with Gasteiger partial charge < -0.3 is 15.1 Å². The summed E-state index contributed by atoms with van der Waals surface area (Å²) in [6.07, 6.45) is -2.67. The third kappa shape index (κ3) is 4.00. The highest BCUT2D eigenvalue weighted by Crippen LogP contribution is 2.38. The van der Waals surface area contributed by atoms with Crippen LogP contribution >= 0.6 is 0 Å². The van der Waals surface area contributed by atoms with Crippen LogP contribution in [0.25, 0.3) is 11.3 Å². The van der Waals surface area contributed by atoms with Gasteiger partial charge in [-0.3, -0.25) is 0 Å². The van der Waals surface area contributed by atoms with Crippen LogP contribution in [0.4, 0.5) is 13.2 Å². The van der Waals surface area contributed by atoms with Gasteiger partial charge in [0.1, 0.15) is 5.75 Å². The number of likely N-dealkylation sites (tertiary alicyclic amines) is 1.